The van der Waals surface area contributed by atoms with E-state index in [0.29, 0.717) is 21.7 Å². The summed E-state index contributed by atoms with van der Waals surface area (Å²) in [5, 5.41) is 3.95. The van der Waals surface area contributed by atoms with Crippen LogP contribution < -0.4 is 15.0 Å². The van der Waals surface area contributed by atoms with E-state index in [1.54, 1.807) is 18.2 Å². The molecule has 1 aromatic heterocycles. The molecule has 0 spiro atoms. The van der Waals surface area contributed by atoms with Crippen molar-refractivity contribution in [3.63, 3.8) is 0 Å². The zero-order valence-electron chi connectivity index (χ0n) is 16.0. The maximum Gasteiger partial charge on any atom is 0.268 e. The Morgan fingerprint density at radius 2 is 1.80 bits per heavy atom. The smallest absolute Gasteiger partial charge is 0.268 e. The van der Waals surface area contributed by atoms with Crippen LogP contribution in [-0.4, -0.2) is 22.6 Å². The van der Waals surface area contributed by atoms with Gasteiger partial charge in [0.05, 0.1) is 15.7 Å². The fraction of sp³-hybridized carbons (Fsp3) is 0.227. The topological polar surface area (TPSA) is 67.3 Å². The molecule has 1 aliphatic heterocycles. The first-order valence-corrected chi connectivity index (χ1v) is 10.5. The van der Waals surface area contributed by atoms with E-state index in [1.807, 2.05) is 6.07 Å². The molecule has 2 heterocycles. The molecular weight excluding hydrogens is 423 g/mol. The van der Waals surface area contributed by atoms with Crippen molar-refractivity contribution in [2.45, 2.75) is 25.7 Å². The number of aryl methyl sites for hydroxylation is 2. The Labute approximate surface area is 183 Å². The largest absolute Gasteiger partial charge is 0.455 e. The van der Waals surface area contributed by atoms with Crippen molar-refractivity contribution in [1.82, 2.24) is 9.97 Å². The molecule has 6 nitrogen and oxygen atoms in total. The summed E-state index contributed by atoms with van der Waals surface area (Å²) in [7, 11) is 0. The highest BCUT2D eigenvalue weighted by atomic mass is 35.5. The van der Waals surface area contributed by atoms with Crippen molar-refractivity contribution in [2.24, 2.45) is 0 Å². The maximum atomic E-state index is 13.0. The van der Waals surface area contributed by atoms with Crippen molar-refractivity contribution in [2.75, 3.05) is 16.9 Å². The number of nitrogens with zero attached hydrogens (tertiary/aromatic N) is 3. The lowest BCUT2D eigenvalue weighted by Gasteiger charge is -2.29. The van der Waals surface area contributed by atoms with Crippen molar-refractivity contribution < 1.29 is 9.53 Å². The minimum Gasteiger partial charge on any atom is -0.455 e. The second-order valence-corrected chi connectivity index (χ2v) is 8.12. The third-order valence-electron chi connectivity index (χ3n) is 5.37. The molecule has 0 saturated carbocycles. The first-order valence-electron chi connectivity index (χ1n) is 9.75. The summed E-state index contributed by atoms with van der Waals surface area (Å²) in [6.07, 6.45) is 6.15. The molecule has 0 atom stereocenters. The van der Waals surface area contributed by atoms with Gasteiger partial charge in [-0.1, -0.05) is 35.3 Å². The molecule has 152 valence electrons. The van der Waals surface area contributed by atoms with E-state index in [-0.39, 0.29) is 24.1 Å². The van der Waals surface area contributed by atoms with Gasteiger partial charge >= 0.3 is 0 Å². The number of halogens is 2. The molecule has 5 rings (SSSR count). The monoisotopic (exact) mass is 440 g/mol. The van der Waals surface area contributed by atoms with Gasteiger partial charge < -0.3 is 10.1 Å². The molecule has 0 radical (unpaired) electrons. The Balaban J connectivity index is 1.40. The Hall–Kier alpha value is -2.83. The van der Waals surface area contributed by atoms with E-state index in [9.17, 15) is 4.79 Å². The minimum absolute atomic E-state index is 0.0371. The summed E-state index contributed by atoms with van der Waals surface area (Å²) in [5.74, 6) is 0.294. The number of carbonyl (C=O) groups is 1. The van der Waals surface area contributed by atoms with Gasteiger partial charge in [0.2, 0.25) is 11.8 Å². The standard InChI is InChI=1S/C22H18Cl2N4O2/c23-17-6-3-7-18(24)19(17)28-12-30-20-16(21(28)29)11-25-22(27-20)26-15-9-8-13-4-1-2-5-14(13)10-15/h3,6-11H,1-2,4-5,12H2,(H,25,26,27). The molecule has 1 aliphatic carbocycles. The lowest BCUT2D eigenvalue weighted by Crippen LogP contribution is -2.39. The normalized spacial score (nSPS) is 15.3. The van der Waals surface area contributed by atoms with Gasteiger partial charge in [-0.3, -0.25) is 9.69 Å². The van der Waals surface area contributed by atoms with Gasteiger partial charge in [0, 0.05) is 11.9 Å². The minimum atomic E-state index is -0.313. The number of para-hydroxylation sites is 1. The van der Waals surface area contributed by atoms with Gasteiger partial charge in [-0.25, -0.2) is 4.98 Å². The average Bonchev–Trinajstić information content (AvgIpc) is 2.75. The third kappa shape index (κ3) is 3.46. The van der Waals surface area contributed by atoms with E-state index in [0.717, 1.165) is 18.5 Å². The summed E-state index contributed by atoms with van der Waals surface area (Å²) in [6, 6.07) is 11.4. The summed E-state index contributed by atoms with van der Waals surface area (Å²) < 4.78 is 5.74. The van der Waals surface area contributed by atoms with Gasteiger partial charge in [-0.15, -0.1) is 0 Å². The molecule has 3 aromatic rings. The number of fused-ring (bicyclic) bond motifs is 2. The first kappa shape index (κ1) is 19.2. The summed E-state index contributed by atoms with van der Waals surface area (Å²) >= 11 is 12.5. The van der Waals surface area contributed by atoms with Crippen LogP contribution in [-0.2, 0) is 12.8 Å². The summed E-state index contributed by atoms with van der Waals surface area (Å²) in [6.45, 7) is -0.0371. The number of benzene rings is 2. The molecule has 8 heteroatoms. The number of ether oxygens (including phenoxy) is 1. The molecule has 2 aromatic carbocycles. The van der Waals surface area contributed by atoms with Crippen molar-refractivity contribution in [1.29, 1.82) is 0 Å². The molecule has 0 saturated heterocycles. The number of rotatable bonds is 3. The Morgan fingerprint density at radius 3 is 2.60 bits per heavy atom. The van der Waals surface area contributed by atoms with Crippen molar-refractivity contribution >= 4 is 46.4 Å². The first-order chi connectivity index (χ1) is 14.6. The third-order valence-corrected chi connectivity index (χ3v) is 5.98. The zero-order chi connectivity index (χ0) is 20.7. The van der Waals surface area contributed by atoms with Crippen LogP contribution in [0.3, 0.4) is 0 Å². The molecule has 0 bridgehead atoms. The second-order valence-electron chi connectivity index (χ2n) is 7.30. The van der Waals surface area contributed by atoms with Gasteiger partial charge in [-0.05, 0) is 61.1 Å². The van der Waals surface area contributed by atoms with Crippen LogP contribution in [0.4, 0.5) is 17.3 Å². The predicted octanol–water partition coefficient (Wildman–Crippen LogP) is 5.40. The number of hydrogen-bond donors (Lipinski definition) is 1. The molecule has 1 amide bonds. The zero-order valence-corrected chi connectivity index (χ0v) is 17.5. The highest BCUT2D eigenvalue weighted by molar-refractivity contribution is 6.40. The molecule has 1 N–H and O–H groups in total. The Kier molecular flexibility index (Phi) is 4.97. The molecule has 0 unspecified atom stereocenters. The maximum absolute atomic E-state index is 13.0. The number of anilines is 3. The van der Waals surface area contributed by atoms with Crippen LogP contribution in [0.15, 0.2) is 42.6 Å². The van der Waals surface area contributed by atoms with Crippen LogP contribution in [0.2, 0.25) is 10.0 Å². The van der Waals surface area contributed by atoms with Crippen LogP contribution in [0.1, 0.15) is 34.3 Å². The lowest BCUT2D eigenvalue weighted by atomic mass is 9.91. The molecular formula is C22H18Cl2N4O2. The molecule has 2 aliphatic rings. The van der Waals surface area contributed by atoms with E-state index < -0.39 is 0 Å². The van der Waals surface area contributed by atoms with Crippen LogP contribution in [0.25, 0.3) is 0 Å². The highest BCUT2D eigenvalue weighted by Gasteiger charge is 2.31. The van der Waals surface area contributed by atoms with E-state index in [2.05, 4.69) is 27.4 Å². The van der Waals surface area contributed by atoms with E-state index in [1.165, 1.54) is 35.1 Å². The summed E-state index contributed by atoms with van der Waals surface area (Å²) in [4.78, 5) is 23.1. The number of carbonyl (C=O) groups excluding carboxylic acids is 1. The van der Waals surface area contributed by atoms with Gasteiger partial charge in [0.25, 0.3) is 5.91 Å². The van der Waals surface area contributed by atoms with Gasteiger partial charge in [0.15, 0.2) is 6.73 Å². The Morgan fingerprint density at radius 1 is 1.03 bits per heavy atom. The van der Waals surface area contributed by atoms with Crippen molar-refractivity contribution in [3.8, 4) is 5.88 Å². The number of nitrogens with one attached hydrogen (secondary N) is 1. The number of aromatic nitrogens is 2. The highest BCUT2D eigenvalue weighted by Crippen LogP contribution is 2.37. The molecule has 30 heavy (non-hydrogen) atoms. The van der Waals surface area contributed by atoms with Gasteiger partial charge in [0.1, 0.15) is 5.56 Å². The Bertz CT molecular complexity index is 1130. The average molecular weight is 441 g/mol. The quantitative estimate of drug-likeness (QED) is 0.590. The predicted molar refractivity (Wildman–Crippen MR) is 117 cm³/mol. The fourth-order valence-corrected chi connectivity index (χ4v) is 4.47. The summed E-state index contributed by atoms with van der Waals surface area (Å²) in [5.41, 5.74) is 4.36. The fourth-order valence-electron chi connectivity index (χ4n) is 3.87. The number of amides is 1. The molecule has 0 fully saturated rings. The SMILES string of the molecule is O=C1c2cnc(Nc3ccc4c(c3)CCCC4)nc2OCN1c1c(Cl)cccc1Cl. The van der Waals surface area contributed by atoms with E-state index in [4.69, 9.17) is 27.9 Å². The van der Waals surface area contributed by atoms with Gasteiger partial charge in [-0.2, -0.15) is 4.98 Å². The van der Waals surface area contributed by atoms with Crippen LogP contribution in [0.5, 0.6) is 5.88 Å². The van der Waals surface area contributed by atoms with Crippen LogP contribution in [0, 0.1) is 0 Å². The van der Waals surface area contributed by atoms with Crippen molar-refractivity contribution in [3.05, 3.63) is 69.3 Å². The second kappa shape index (κ2) is 7.78. The number of hydrogen-bond acceptors (Lipinski definition) is 5. The van der Waals surface area contributed by atoms with Crippen LogP contribution >= 0.6 is 23.2 Å². The van der Waals surface area contributed by atoms with E-state index >= 15 is 0 Å². The lowest BCUT2D eigenvalue weighted by molar-refractivity contribution is 0.0932.